The minimum atomic E-state index is 0.173. The van der Waals surface area contributed by atoms with Crippen LogP contribution in [-0.4, -0.2) is 23.6 Å². The van der Waals surface area contributed by atoms with Gasteiger partial charge in [0.1, 0.15) is 0 Å². The number of hydrogen-bond acceptors (Lipinski definition) is 2. The molecule has 0 saturated carbocycles. The lowest BCUT2D eigenvalue weighted by atomic mass is 10.2. The smallest absolute Gasteiger partial charge is 0.164 e. The molecule has 1 unspecified atom stereocenters. The van der Waals surface area contributed by atoms with Gasteiger partial charge < -0.3 is 9.30 Å². The Bertz CT molecular complexity index is 304. The van der Waals surface area contributed by atoms with Gasteiger partial charge in [0, 0.05) is 38.0 Å². The highest BCUT2D eigenvalue weighted by atomic mass is 16.5. The van der Waals surface area contributed by atoms with Crippen molar-refractivity contribution in [2.45, 2.75) is 32.9 Å². The maximum Gasteiger partial charge on any atom is 0.164 e. The minimum Gasteiger partial charge on any atom is -0.380 e. The number of carbonyl (C=O) groups excluding carboxylic acids is 1. The first kappa shape index (κ1) is 11.0. The van der Waals surface area contributed by atoms with Crippen LogP contribution < -0.4 is 0 Å². The second kappa shape index (κ2) is 4.96. The molecule has 78 valence electrons. The normalized spacial score (nSPS) is 12.8. The van der Waals surface area contributed by atoms with Crippen LogP contribution in [-0.2, 0) is 11.3 Å². The second-order valence-electron chi connectivity index (χ2n) is 3.42. The lowest BCUT2D eigenvalue weighted by Gasteiger charge is -2.09. The van der Waals surface area contributed by atoms with Crippen molar-refractivity contribution in [1.29, 1.82) is 0 Å². The molecule has 0 aliphatic heterocycles. The summed E-state index contributed by atoms with van der Waals surface area (Å²) < 4.78 is 7.13. The number of nitrogens with zero attached hydrogens (tertiary/aromatic N) is 1. The van der Waals surface area contributed by atoms with Gasteiger partial charge in [-0.05, 0) is 13.0 Å². The minimum absolute atomic E-state index is 0.173. The summed E-state index contributed by atoms with van der Waals surface area (Å²) in [6.07, 6.45) is 4.52. The van der Waals surface area contributed by atoms with Crippen molar-refractivity contribution in [3.8, 4) is 0 Å². The molecule has 0 amide bonds. The van der Waals surface area contributed by atoms with Gasteiger partial charge in [0.2, 0.25) is 0 Å². The molecule has 14 heavy (non-hydrogen) atoms. The summed E-state index contributed by atoms with van der Waals surface area (Å²) in [5.74, 6) is 0.189. The van der Waals surface area contributed by atoms with E-state index < -0.39 is 0 Å². The molecule has 1 aromatic heterocycles. The van der Waals surface area contributed by atoms with Crippen molar-refractivity contribution in [2.24, 2.45) is 0 Å². The standard InChI is InChI=1S/C11H17NO2/c1-4-11(13)10-5-6-12(8-10)7-9(2)14-3/h5-6,8-9H,4,7H2,1-3H3. The van der Waals surface area contributed by atoms with Crippen LogP contribution >= 0.6 is 0 Å². The van der Waals surface area contributed by atoms with Crippen molar-refractivity contribution < 1.29 is 9.53 Å². The Labute approximate surface area is 84.7 Å². The number of Topliss-reactive ketones (excluding diaryl/α,β-unsaturated/α-hetero) is 1. The molecule has 1 rings (SSSR count). The number of ketones is 1. The van der Waals surface area contributed by atoms with Gasteiger partial charge in [0.05, 0.1) is 6.10 Å². The highest BCUT2D eigenvalue weighted by molar-refractivity contribution is 5.95. The molecular weight excluding hydrogens is 178 g/mol. The first-order valence-electron chi connectivity index (χ1n) is 4.89. The van der Waals surface area contributed by atoms with Crippen LogP contribution in [0.25, 0.3) is 0 Å². The number of rotatable bonds is 5. The zero-order valence-electron chi connectivity index (χ0n) is 8.99. The molecule has 0 radical (unpaired) electrons. The summed E-state index contributed by atoms with van der Waals surface area (Å²) in [5, 5.41) is 0. The quantitative estimate of drug-likeness (QED) is 0.674. The average Bonchev–Trinajstić information content (AvgIpc) is 2.65. The van der Waals surface area contributed by atoms with E-state index >= 15 is 0 Å². The van der Waals surface area contributed by atoms with E-state index in [2.05, 4.69) is 0 Å². The maximum absolute atomic E-state index is 11.3. The number of aromatic nitrogens is 1. The van der Waals surface area contributed by atoms with E-state index in [1.54, 1.807) is 7.11 Å². The van der Waals surface area contributed by atoms with Gasteiger partial charge in [0.25, 0.3) is 0 Å². The molecule has 0 aliphatic rings. The Kier molecular flexibility index (Phi) is 3.89. The molecule has 0 saturated heterocycles. The van der Waals surface area contributed by atoms with Gasteiger partial charge in [-0.25, -0.2) is 0 Å². The van der Waals surface area contributed by atoms with E-state index in [1.807, 2.05) is 36.9 Å². The van der Waals surface area contributed by atoms with Crippen LogP contribution in [0.3, 0.4) is 0 Å². The predicted molar refractivity (Wildman–Crippen MR) is 55.5 cm³/mol. The molecule has 0 bridgehead atoms. The first-order chi connectivity index (χ1) is 6.67. The fraction of sp³-hybridized carbons (Fsp3) is 0.545. The van der Waals surface area contributed by atoms with E-state index in [9.17, 15) is 4.79 Å². The van der Waals surface area contributed by atoms with Gasteiger partial charge in [-0.15, -0.1) is 0 Å². The lowest BCUT2D eigenvalue weighted by Crippen LogP contribution is -2.13. The number of hydrogen-bond donors (Lipinski definition) is 0. The van der Waals surface area contributed by atoms with Crippen LogP contribution in [0, 0.1) is 0 Å². The molecule has 0 aliphatic carbocycles. The fourth-order valence-corrected chi connectivity index (χ4v) is 1.29. The van der Waals surface area contributed by atoms with Gasteiger partial charge >= 0.3 is 0 Å². The Morgan fingerprint density at radius 3 is 2.93 bits per heavy atom. The van der Waals surface area contributed by atoms with Gasteiger partial charge in [-0.3, -0.25) is 4.79 Å². The lowest BCUT2D eigenvalue weighted by molar-refractivity contribution is 0.0983. The fourth-order valence-electron chi connectivity index (χ4n) is 1.29. The van der Waals surface area contributed by atoms with E-state index in [0.29, 0.717) is 6.42 Å². The van der Waals surface area contributed by atoms with Crippen molar-refractivity contribution in [1.82, 2.24) is 4.57 Å². The SMILES string of the molecule is CCC(=O)c1ccn(CC(C)OC)c1. The van der Waals surface area contributed by atoms with Crippen molar-refractivity contribution in [3.05, 3.63) is 24.0 Å². The van der Waals surface area contributed by atoms with Crippen LogP contribution in [0.1, 0.15) is 30.6 Å². The molecule has 0 aromatic carbocycles. The summed E-state index contributed by atoms with van der Waals surface area (Å²) in [5.41, 5.74) is 0.788. The van der Waals surface area contributed by atoms with Gasteiger partial charge in [-0.2, -0.15) is 0 Å². The summed E-state index contributed by atoms with van der Waals surface area (Å²) in [4.78, 5) is 11.3. The number of carbonyl (C=O) groups is 1. The van der Waals surface area contributed by atoms with Gasteiger partial charge in [0.15, 0.2) is 5.78 Å². The zero-order valence-corrected chi connectivity index (χ0v) is 8.99. The Hall–Kier alpha value is -1.09. The third kappa shape index (κ3) is 2.70. The number of ether oxygens (including phenoxy) is 1. The zero-order chi connectivity index (χ0) is 10.6. The van der Waals surface area contributed by atoms with Crippen molar-refractivity contribution in [3.63, 3.8) is 0 Å². The number of methoxy groups -OCH3 is 1. The van der Waals surface area contributed by atoms with Crippen molar-refractivity contribution >= 4 is 5.78 Å². The molecule has 0 fully saturated rings. The summed E-state index contributed by atoms with van der Waals surface area (Å²) in [7, 11) is 1.69. The monoisotopic (exact) mass is 195 g/mol. The van der Waals surface area contributed by atoms with Crippen LogP contribution in [0.15, 0.2) is 18.5 Å². The largest absolute Gasteiger partial charge is 0.380 e. The van der Waals surface area contributed by atoms with E-state index in [-0.39, 0.29) is 11.9 Å². The molecule has 1 aromatic rings. The molecule has 3 nitrogen and oxygen atoms in total. The molecule has 1 atom stereocenters. The third-order valence-corrected chi connectivity index (χ3v) is 2.26. The van der Waals surface area contributed by atoms with E-state index in [4.69, 9.17) is 4.74 Å². The predicted octanol–water partition coefficient (Wildman–Crippen LogP) is 2.12. The average molecular weight is 195 g/mol. The molecular formula is C11H17NO2. The van der Waals surface area contributed by atoms with Crippen LogP contribution in [0.5, 0.6) is 0 Å². The Morgan fingerprint density at radius 1 is 1.64 bits per heavy atom. The molecule has 0 spiro atoms. The summed E-state index contributed by atoms with van der Waals surface area (Å²) in [6.45, 7) is 4.66. The van der Waals surface area contributed by atoms with Crippen LogP contribution in [0.2, 0.25) is 0 Å². The first-order valence-corrected chi connectivity index (χ1v) is 4.89. The highest BCUT2D eigenvalue weighted by Gasteiger charge is 2.06. The second-order valence-corrected chi connectivity index (χ2v) is 3.42. The van der Waals surface area contributed by atoms with E-state index in [1.165, 1.54) is 0 Å². The topological polar surface area (TPSA) is 31.2 Å². The summed E-state index contributed by atoms with van der Waals surface area (Å²) >= 11 is 0. The molecule has 1 heterocycles. The molecule has 3 heteroatoms. The van der Waals surface area contributed by atoms with Crippen LogP contribution in [0.4, 0.5) is 0 Å². The Balaban J connectivity index is 2.63. The molecule has 0 N–H and O–H groups in total. The van der Waals surface area contributed by atoms with Gasteiger partial charge in [-0.1, -0.05) is 6.92 Å². The third-order valence-electron chi connectivity index (χ3n) is 2.26. The van der Waals surface area contributed by atoms with E-state index in [0.717, 1.165) is 12.1 Å². The van der Waals surface area contributed by atoms with Crippen molar-refractivity contribution in [2.75, 3.05) is 7.11 Å². The summed E-state index contributed by atoms with van der Waals surface area (Å²) in [6, 6.07) is 1.86. The maximum atomic E-state index is 11.3. The highest BCUT2D eigenvalue weighted by Crippen LogP contribution is 2.06. The Morgan fingerprint density at radius 2 is 2.36 bits per heavy atom.